The molecule has 0 saturated heterocycles. The van der Waals surface area contributed by atoms with E-state index in [2.05, 4.69) is 15.2 Å². The molecule has 1 N–H and O–H groups in total. The zero-order chi connectivity index (χ0) is 16.7. The number of hydrogen-bond donors (Lipinski definition) is 1. The summed E-state index contributed by atoms with van der Waals surface area (Å²) < 4.78 is 0. The van der Waals surface area contributed by atoms with Crippen molar-refractivity contribution in [2.75, 3.05) is 10.2 Å². The summed E-state index contributed by atoms with van der Waals surface area (Å²) in [5.41, 5.74) is 2.03. The molecule has 1 fully saturated rings. The van der Waals surface area contributed by atoms with Crippen molar-refractivity contribution in [3.05, 3.63) is 40.9 Å². The predicted octanol–water partition coefficient (Wildman–Crippen LogP) is -1.47. The Morgan fingerprint density at radius 2 is 2.12 bits per heavy atom. The molecule has 0 radical (unpaired) electrons. The van der Waals surface area contributed by atoms with Gasteiger partial charge in [-0.15, -0.1) is 11.3 Å². The molecule has 1 aromatic heterocycles. The van der Waals surface area contributed by atoms with Crippen LogP contribution in [0.4, 0.5) is 10.8 Å². The smallest absolute Gasteiger partial charge is 0.550 e. The molecule has 0 atom stereocenters. The minimum atomic E-state index is -1.12. The first kappa shape index (κ1) is 18.4. The van der Waals surface area contributed by atoms with Gasteiger partial charge in [-0.05, 0) is 24.5 Å². The molecule has 1 amide bonds. The van der Waals surface area contributed by atoms with E-state index in [0.29, 0.717) is 19.4 Å². The van der Waals surface area contributed by atoms with Crippen LogP contribution < -0.4 is 44.9 Å². The van der Waals surface area contributed by atoms with Crippen LogP contribution in [0.3, 0.4) is 0 Å². The number of fused-ring (bicyclic) bond motifs is 1. The quantitative estimate of drug-likeness (QED) is 0.654. The number of carboxylic acids is 1. The number of aromatic nitrogens is 1. The standard InChI is InChI=1S/C17H17N3O3S.Na/c21-14(8-17(4-5-17)15(22)23)19-13-3-1-2-11-9-20(10-12(11)13)16-18-6-7-24-16;/h1-3,6-7H,4-5,8-10H2,(H,19,21)(H,22,23);/q;+1/p-1. The molecule has 0 bridgehead atoms. The number of nitrogens with one attached hydrogen (secondary N) is 1. The van der Waals surface area contributed by atoms with Crippen molar-refractivity contribution in [1.29, 1.82) is 0 Å². The average molecular weight is 365 g/mol. The monoisotopic (exact) mass is 365 g/mol. The summed E-state index contributed by atoms with van der Waals surface area (Å²) in [5, 5.41) is 16.9. The zero-order valence-electron chi connectivity index (χ0n) is 13.9. The van der Waals surface area contributed by atoms with Gasteiger partial charge in [0.15, 0.2) is 5.13 Å². The number of thiazole rings is 1. The first-order valence-corrected chi connectivity index (χ1v) is 8.72. The molecule has 1 aromatic carbocycles. The maximum Gasteiger partial charge on any atom is 1.00 e. The fourth-order valence-electron chi connectivity index (χ4n) is 3.15. The van der Waals surface area contributed by atoms with Gasteiger partial charge in [0.25, 0.3) is 0 Å². The molecule has 2 aliphatic rings. The van der Waals surface area contributed by atoms with Gasteiger partial charge in [-0.25, -0.2) is 4.98 Å². The molecule has 25 heavy (non-hydrogen) atoms. The fourth-order valence-corrected chi connectivity index (χ4v) is 3.80. The van der Waals surface area contributed by atoms with Gasteiger partial charge in [-0.3, -0.25) is 4.79 Å². The molecular weight excluding hydrogens is 349 g/mol. The maximum absolute atomic E-state index is 12.3. The average Bonchev–Trinajstić information content (AvgIpc) is 3.00. The molecule has 0 spiro atoms. The van der Waals surface area contributed by atoms with Gasteiger partial charge < -0.3 is 20.1 Å². The molecule has 124 valence electrons. The van der Waals surface area contributed by atoms with Crippen molar-refractivity contribution in [3.8, 4) is 0 Å². The Bertz CT molecular complexity index is 805. The molecule has 1 saturated carbocycles. The number of benzene rings is 1. The molecule has 0 unspecified atom stereocenters. The van der Waals surface area contributed by atoms with E-state index in [1.807, 2.05) is 23.6 Å². The normalized spacial score (nSPS) is 16.7. The largest absolute Gasteiger partial charge is 1.00 e. The first-order valence-electron chi connectivity index (χ1n) is 7.84. The zero-order valence-corrected chi connectivity index (χ0v) is 16.8. The van der Waals surface area contributed by atoms with E-state index in [1.165, 1.54) is 0 Å². The van der Waals surface area contributed by atoms with Crippen molar-refractivity contribution in [2.24, 2.45) is 5.41 Å². The second-order valence-corrected chi connectivity index (χ2v) is 7.28. The third-order valence-corrected chi connectivity index (χ3v) is 5.56. The molecular formula is C17H16N3NaO3S. The SMILES string of the molecule is O=C(CC1(C(=O)[O-])CC1)Nc1cccc2c1CN(c1nccs1)C2.[Na+]. The van der Waals surface area contributed by atoms with E-state index in [0.717, 1.165) is 28.5 Å². The maximum atomic E-state index is 12.3. The van der Waals surface area contributed by atoms with Gasteiger partial charge in [-0.2, -0.15) is 0 Å². The Balaban J connectivity index is 0.00000182. The second-order valence-electron chi connectivity index (χ2n) is 6.41. The number of carbonyl (C=O) groups excluding carboxylic acids is 2. The van der Waals surface area contributed by atoms with E-state index in [9.17, 15) is 14.7 Å². The number of nitrogens with zero attached hydrogens (tertiary/aromatic N) is 2. The van der Waals surface area contributed by atoms with Gasteiger partial charge in [0, 0.05) is 53.7 Å². The number of aliphatic carboxylic acids is 1. The van der Waals surface area contributed by atoms with Gasteiger partial charge in [0.2, 0.25) is 5.91 Å². The summed E-state index contributed by atoms with van der Waals surface area (Å²) in [6.45, 7) is 1.44. The summed E-state index contributed by atoms with van der Waals surface area (Å²) in [5.74, 6) is -1.39. The summed E-state index contributed by atoms with van der Waals surface area (Å²) in [6, 6.07) is 5.81. The van der Waals surface area contributed by atoms with Crippen LogP contribution in [0.25, 0.3) is 0 Å². The van der Waals surface area contributed by atoms with Crippen LogP contribution in [-0.4, -0.2) is 16.9 Å². The van der Waals surface area contributed by atoms with Crippen LogP contribution >= 0.6 is 11.3 Å². The minimum absolute atomic E-state index is 0. The van der Waals surface area contributed by atoms with Gasteiger partial charge in [0.1, 0.15) is 0 Å². The van der Waals surface area contributed by atoms with Crippen molar-refractivity contribution < 1.29 is 44.3 Å². The number of amides is 1. The Kier molecular flexibility index (Phi) is 5.20. The molecule has 8 heteroatoms. The van der Waals surface area contributed by atoms with E-state index in [-0.39, 0.29) is 41.9 Å². The second kappa shape index (κ2) is 7.07. The number of carboxylic acid groups (broad SMARTS) is 1. The molecule has 6 nitrogen and oxygen atoms in total. The van der Waals surface area contributed by atoms with E-state index in [4.69, 9.17) is 0 Å². The molecule has 4 rings (SSSR count). The van der Waals surface area contributed by atoms with Gasteiger partial charge in [0.05, 0.1) is 0 Å². The molecule has 2 heterocycles. The Morgan fingerprint density at radius 3 is 2.76 bits per heavy atom. The van der Waals surface area contributed by atoms with Gasteiger partial charge >= 0.3 is 29.6 Å². The van der Waals surface area contributed by atoms with Crippen LogP contribution in [0.2, 0.25) is 0 Å². The first-order chi connectivity index (χ1) is 11.6. The van der Waals surface area contributed by atoms with E-state index >= 15 is 0 Å². The molecule has 2 aromatic rings. The van der Waals surface area contributed by atoms with Crippen LogP contribution in [0, 0.1) is 5.41 Å². The summed E-state index contributed by atoms with van der Waals surface area (Å²) in [6.07, 6.45) is 2.80. The van der Waals surface area contributed by atoms with Gasteiger partial charge in [-0.1, -0.05) is 12.1 Å². The third kappa shape index (κ3) is 3.60. The fraction of sp³-hybridized carbons (Fsp3) is 0.353. The number of anilines is 2. The summed E-state index contributed by atoms with van der Waals surface area (Å²) in [4.78, 5) is 29.9. The van der Waals surface area contributed by atoms with Crippen molar-refractivity contribution in [2.45, 2.75) is 32.4 Å². The Hall–Kier alpha value is -1.41. The van der Waals surface area contributed by atoms with Crippen LogP contribution in [-0.2, 0) is 22.7 Å². The molecule has 1 aliphatic heterocycles. The predicted molar refractivity (Wildman–Crippen MR) is 88.4 cm³/mol. The third-order valence-electron chi connectivity index (χ3n) is 4.73. The number of rotatable bonds is 5. The number of hydrogen-bond acceptors (Lipinski definition) is 6. The van der Waals surface area contributed by atoms with Crippen LogP contribution in [0.15, 0.2) is 29.8 Å². The summed E-state index contributed by atoms with van der Waals surface area (Å²) in [7, 11) is 0. The molecule has 1 aliphatic carbocycles. The summed E-state index contributed by atoms with van der Waals surface area (Å²) >= 11 is 1.59. The van der Waals surface area contributed by atoms with Crippen molar-refractivity contribution >= 4 is 34.0 Å². The number of carbonyl (C=O) groups is 2. The van der Waals surface area contributed by atoms with E-state index in [1.54, 1.807) is 17.5 Å². The minimum Gasteiger partial charge on any atom is -0.550 e. The van der Waals surface area contributed by atoms with Crippen LogP contribution in [0.1, 0.15) is 30.4 Å². The van der Waals surface area contributed by atoms with Crippen molar-refractivity contribution in [3.63, 3.8) is 0 Å². The van der Waals surface area contributed by atoms with Crippen LogP contribution in [0.5, 0.6) is 0 Å². The Labute approximate surface area is 171 Å². The van der Waals surface area contributed by atoms with E-state index < -0.39 is 11.4 Å². The van der Waals surface area contributed by atoms with Crippen molar-refractivity contribution in [1.82, 2.24) is 4.98 Å². The topological polar surface area (TPSA) is 85.4 Å². The Morgan fingerprint density at radius 1 is 1.32 bits per heavy atom.